The van der Waals surface area contributed by atoms with Crippen molar-refractivity contribution in [2.24, 2.45) is 11.8 Å². The van der Waals surface area contributed by atoms with Gasteiger partial charge in [-0.25, -0.2) is 12.8 Å². The summed E-state index contributed by atoms with van der Waals surface area (Å²) < 4.78 is 40.3. The Morgan fingerprint density at radius 3 is 2.34 bits per heavy atom. The van der Waals surface area contributed by atoms with Crippen LogP contribution in [0.1, 0.15) is 26.7 Å². The van der Waals surface area contributed by atoms with E-state index in [1.165, 1.54) is 16.4 Å². The zero-order valence-corrected chi connectivity index (χ0v) is 18.9. The summed E-state index contributed by atoms with van der Waals surface area (Å²) in [6.07, 6.45) is 1.04. The number of carbonyl (C=O) groups is 2. The molecule has 32 heavy (non-hydrogen) atoms. The van der Waals surface area contributed by atoms with Crippen molar-refractivity contribution in [2.75, 3.05) is 18.4 Å². The smallest absolute Gasteiger partial charge is 0.247 e. The van der Waals surface area contributed by atoms with Gasteiger partial charge in [0.2, 0.25) is 21.8 Å². The molecular weight excluding hydrogens is 433 g/mol. The minimum Gasteiger partial charge on any atom is -0.344 e. The Balaban J connectivity index is 1.68. The number of piperidine rings is 1. The molecule has 0 unspecified atom stereocenters. The number of hydrogen-bond acceptors (Lipinski definition) is 4. The lowest BCUT2D eigenvalue weighted by molar-refractivity contribution is -0.130. The van der Waals surface area contributed by atoms with Crippen molar-refractivity contribution >= 4 is 27.5 Å². The van der Waals surface area contributed by atoms with Gasteiger partial charge in [0.15, 0.2) is 0 Å². The Morgan fingerprint density at radius 2 is 1.72 bits per heavy atom. The highest BCUT2D eigenvalue weighted by Crippen LogP contribution is 2.24. The molecule has 0 bridgehead atoms. The molecule has 0 aliphatic carbocycles. The van der Waals surface area contributed by atoms with Gasteiger partial charge < -0.3 is 10.6 Å². The quantitative estimate of drug-likeness (QED) is 0.663. The lowest BCUT2D eigenvalue weighted by Crippen LogP contribution is -2.52. The molecule has 0 radical (unpaired) electrons. The standard InChI is InChI=1S/C23H28FN3O4S/c1-16(2)21(23(29)25-19-8-4-3-5-9-19)26-22(28)17-7-6-14-27(15-17)32(30,31)20-12-10-18(24)11-13-20/h3-5,8-13,16-17,21H,6-7,14-15H2,1-2H3,(H,25,29)(H,26,28)/t17-,21-/m0/s1. The number of amides is 2. The van der Waals surface area contributed by atoms with Crippen molar-refractivity contribution in [1.82, 2.24) is 9.62 Å². The maximum atomic E-state index is 13.2. The average Bonchev–Trinajstić information content (AvgIpc) is 2.78. The second-order valence-corrected chi connectivity index (χ2v) is 10.2. The fourth-order valence-corrected chi connectivity index (χ4v) is 5.20. The van der Waals surface area contributed by atoms with Crippen LogP contribution in [0.4, 0.5) is 10.1 Å². The fraction of sp³-hybridized carbons (Fsp3) is 0.391. The molecule has 2 atom stereocenters. The number of halogens is 1. The first-order valence-corrected chi connectivity index (χ1v) is 12.0. The van der Waals surface area contributed by atoms with Crippen molar-refractivity contribution in [3.8, 4) is 0 Å². The second-order valence-electron chi connectivity index (χ2n) is 8.24. The van der Waals surface area contributed by atoms with E-state index >= 15 is 0 Å². The number of nitrogens with zero attached hydrogens (tertiary/aromatic N) is 1. The number of carbonyl (C=O) groups excluding carboxylic acids is 2. The van der Waals surface area contributed by atoms with Gasteiger partial charge in [-0.05, 0) is 55.2 Å². The van der Waals surface area contributed by atoms with Crippen molar-refractivity contribution < 1.29 is 22.4 Å². The number of rotatable bonds is 7. The number of nitrogens with one attached hydrogen (secondary N) is 2. The van der Waals surface area contributed by atoms with Crippen LogP contribution in [0.2, 0.25) is 0 Å². The number of anilines is 1. The highest BCUT2D eigenvalue weighted by Gasteiger charge is 2.35. The molecule has 0 spiro atoms. The summed E-state index contributed by atoms with van der Waals surface area (Å²) in [6.45, 7) is 3.96. The summed E-state index contributed by atoms with van der Waals surface area (Å²) in [5.74, 6) is -1.94. The Hall–Kier alpha value is -2.78. The second kappa shape index (κ2) is 10.2. The van der Waals surface area contributed by atoms with Crippen LogP contribution >= 0.6 is 0 Å². The van der Waals surface area contributed by atoms with Crippen molar-refractivity contribution in [2.45, 2.75) is 37.6 Å². The Morgan fingerprint density at radius 1 is 1.06 bits per heavy atom. The summed E-state index contributed by atoms with van der Waals surface area (Å²) in [5.41, 5.74) is 0.631. The summed E-state index contributed by atoms with van der Waals surface area (Å²) in [6, 6.07) is 12.8. The predicted molar refractivity (Wildman–Crippen MR) is 120 cm³/mol. The molecule has 1 aliphatic rings. The zero-order chi connectivity index (χ0) is 23.3. The largest absolute Gasteiger partial charge is 0.344 e. The summed E-state index contributed by atoms with van der Waals surface area (Å²) in [4.78, 5) is 25.7. The van der Waals surface area contributed by atoms with Gasteiger partial charge in [0.05, 0.1) is 10.8 Å². The maximum absolute atomic E-state index is 13.2. The first kappa shape index (κ1) is 23.9. The molecule has 172 valence electrons. The van der Waals surface area contributed by atoms with E-state index in [0.717, 1.165) is 12.1 Å². The van der Waals surface area contributed by atoms with Crippen LogP contribution in [0, 0.1) is 17.7 Å². The van der Waals surface area contributed by atoms with Gasteiger partial charge >= 0.3 is 0 Å². The van der Waals surface area contributed by atoms with E-state index in [4.69, 9.17) is 0 Å². The van der Waals surface area contributed by atoms with E-state index in [1.807, 2.05) is 19.9 Å². The van der Waals surface area contributed by atoms with E-state index in [9.17, 15) is 22.4 Å². The highest BCUT2D eigenvalue weighted by atomic mass is 32.2. The van der Waals surface area contributed by atoms with Gasteiger partial charge in [-0.3, -0.25) is 9.59 Å². The first-order valence-electron chi connectivity index (χ1n) is 10.6. The SMILES string of the molecule is CC(C)[C@H](NC(=O)[C@H]1CCCN(S(=O)(=O)c2ccc(F)cc2)C1)C(=O)Nc1ccccc1. The topological polar surface area (TPSA) is 95.6 Å². The third kappa shape index (κ3) is 5.72. The minimum absolute atomic E-state index is 0.0106. The Bertz CT molecular complexity index is 1040. The molecule has 2 amide bonds. The van der Waals surface area contributed by atoms with Gasteiger partial charge in [0.1, 0.15) is 11.9 Å². The number of para-hydroxylation sites is 1. The molecular formula is C23H28FN3O4S. The molecule has 1 saturated heterocycles. The van der Waals surface area contributed by atoms with E-state index in [1.54, 1.807) is 24.3 Å². The summed E-state index contributed by atoms with van der Waals surface area (Å²) in [5, 5.41) is 5.60. The molecule has 2 aromatic carbocycles. The molecule has 0 saturated carbocycles. The third-order valence-corrected chi connectivity index (χ3v) is 7.37. The molecule has 1 aliphatic heterocycles. The van der Waals surface area contributed by atoms with Crippen LogP contribution in [-0.2, 0) is 19.6 Å². The normalized spacial score (nSPS) is 18.2. The highest BCUT2D eigenvalue weighted by molar-refractivity contribution is 7.89. The number of hydrogen-bond donors (Lipinski definition) is 2. The minimum atomic E-state index is -3.84. The molecule has 1 fully saturated rings. The monoisotopic (exact) mass is 461 g/mol. The number of benzene rings is 2. The van der Waals surface area contributed by atoms with Gasteiger partial charge in [0.25, 0.3) is 0 Å². The molecule has 3 rings (SSSR count). The van der Waals surface area contributed by atoms with Crippen molar-refractivity contribution in [3.63, 3.8) is 0 Å². The van der Waals surface area contributed by atoms with Crippen molar-refractivity contribution in [1.29, 1.82) is 0 Å². The molecule has 7 nitrogen and oxygen atoms in total. The Labute approximate surface area is 188 Å². The molecule has 2 N–H and O–H groups in total. The van der Waals surface area contributed by atoms with Gasteiger partial charge in [0, 0.05) is 18.8 Å². The third-order valence-electron chi connectivity index (χ3n) is 5.49. The average molecular weight is 462 g/mol. The predicted octanol–water partition coefficient (Wildman–Crippen LogP) is 3.01. The van der Waals surface area contributed by atoms with E-state index in [0.29, 0.717) is 18.5 Å². The van der Waals surface area contributed by atoms with E-state index in [-0.39, 0.29) is 35.7 Å². The van der Waals surface area contributed by atoms with Crippen LogP contribution in [0.25, 0.3) is 0 Å². The van der Waals surface area contributed by atoms with Crippen molar-refractivity contribution in [3.05, 3.63) is 60.4 Å². The molecule has 9 heteroatoms. The molecule has 0 aromatic heterocycles. The maximum Gasteiger partial charge on any atom is 0.247 e. The zero-order valence-electron chi connectivity index (χ0n) is 18.1. The number of sulfonamides is 1. The summed E-state index contributed by atoms with van der Waals surface area (Å²) in [7, 11) is -3.84. The summed E-state index contributed by atoms with van der Waals surface area (Å²) >= 11 is 0. The van der Waals surface area contributed by atoms with Crippen LogP contribution in [0.3, 0.4) is 0 Å². The van der Waals surface area contributed by atoms with Crippen LogP contribution in [0.5, 0.6) is 0 Å². The Kier molecular flexibility index (Phi) is 7.63. The molecule has 1 heterocycles. The van der Waals surface area contributed by atoms with Crippen LogP contribution in [-0.4, -0.2) is 43.7 Å². The van der Waals surface area contributed by atoms with Crippen LogP contribution in [0.15, 0.2) is 59.5 Å². The lowest BCUT2D eigenvalue weighted by atomic mass is 9.96. The van der Waals surface area contributed by atoms with Gasteiger partial charge in [-0.2, -0.15) is 4.31 Å². The van der Waals surface area contributed by atoms with E-state index in [2.05, 4.69) is 10.6 Å². The fourth-order valence-electron chi connectivity index (χ4n) is 3.68. The van der Waals surface area contributed by atoms with Gasteiger partial charge in [-0.1, -0.05) is 32.0 Å². The molecule has 2 aromatic rings. The van der Waals surface area contributed by atoms with E-state index < -0.39 is 27.8 Å². The lowest BCUT2D eigenvalue weighted by Gasteiger charge is -2.32. The first-order chi connectivity index (χ1) is 15.2. The van der Waals surface area contributed by atoms with Gasteiger partial charge in [-0.15, -0.1) is 0 Å². The van der Waals surface area contributed by atoms with Crippen LogP contribution < -0.4 is 10.6 Å².